The van der Waals surface area contributed by atoms with E-state index in [0.29, 0.717) is 10.4 Å². The number of hydrogen-bond donors (Lipinski definition) is 2. The summed E-state index contributed by atoms with van der Waals surface area (Å²) in [5.41, 5.74) is 2.83. The van der Waals surface area contributed by atoms with Crippen LogP contribution in [0.4, 0.5) is 8.78 Å². The van der Waals surface area contributed by atoms with Gasteiger partial charge in [0, 0.05) is 11.6 Å². The van der Waals surface area contributed by atoms with Crippen LogP contribution in [0.5, 0.6) is 0 Å². The van der Waals surface area contributed by atoms with Gasteiger partial charge in [-0.25, -0.2) is 8.78 Å². The third-order valence-corrected chi connectivity index (χ3v) is 4.78. The zero-order valence-electron chi connectivity index (χ0n) is 11.5. The summed E-state index contributed by atoms with van der Waals surface area (Å²) in [6, 6.07) is 2.59. The lowest BCUT2D eigenvalue weighted by Gasteiger charge is -2.26. The Kier molecular flexibility index (Phi) is 5.93. The summed E-state index contributed by atoms with van der Waals surface area (Å²) >= 11 is 3.10. The summed E-state index contributed by atoms with van der Waals surface area (Å²) in [4.78, 5) is 0. The summed E-state index contributed by atoms with van der Waals surface area (Å²) in [5, 5.41) is 0. The molecule has 5 heteroatoms. The molecule has 1 aromatic carbocycles. The molecule has 112 valence electrons. The van der Waals surface area contributed by atoms with E-state index in [4.69, 9.17) is 5.84 Å². The van der Waals surface area contributed by atoms with Crippen molar-refractivity contribution in [3.63, 3.8) is 0 Å². The molecule has 0 heterocycles. The highest BCUT2D eigenvalue weighted by Crippen LogP contribution is 2.29. The first-order chi connectivity index (χ1) is 9.61. The van der Waals surface area contributed by atoms with Crippen molar-refractivity contribution in [1.82, 2.24) is 5.43 Å². The van der Waals surface area contributed by atoms with Gasteiger partial charge in [0.15, 0.2) is 0 Å². The van der Waals surface area contributed by atoms with Crippen molar-refractivity contribution in [3.05, 3.63) is 33.8 Å². The Hall–Kier alpha value is -0.520. The first-order valence-electron chi connectivity index (χ1n) is 7.20. The summed E-state index contributed by atoms with van der Waals surface area (Å²) in [7, 11) is 0. The molecule has 1 fully saturated rings. The Morgan fingerprint density at radius 1 is 1.25 bits per heavy atom. The lowest BCUT2D eigenvalue weighted by molar-refractivity contribution is 0.295. The molecule has 0 spiro atoms. The fourth-order valence-electron chi connectivity index (χ4n) is 3.04. The van der Waals surface area contributed by atoms with E-state index in [2.05, 4.69) is 21.4 Å². The summed E-state index contributed by atoms with van der Waals surface area (Å²) in [6.07, 6.45) is 7.35. The van der Waals surface area contributed by atoms with Gasteiger partial charge in [-0.05, 0) is 46.8 Å². The first kappa shape index (κ1) is 15.9. The predicted molar refractivity (Wildman–Crippen MR) is 80.1 cm³/mol. The van der Waals surface area contributed by atoms with Crippen LogP contribution < -0.4 is 11.3 Å². The van der Waals surface area contributed by atoms with Crippen molar-refractivity contribution < 1.29 is 8.78 Å². The van der Waals surface area contributed by atoms with Crippen LogP contribution >= 0.6 is 15.9 Å². The van der Waals surface area contributed by atoms with Crippen LogP contribution in [-0.2, 0) is 6.42 Å². The van der Waals surface area contributed by atoms with Crippen LogP contribution in [0.3, 0.4) is 0 Å². The number of benzene rings is 1. The van der Waals surface area contributed by atoms with Gasteiger partial charge in [0.1, 0.15) is 11.6 Å². The van der Waals surface area contributed by atoms with E-state index in [1.54, 1.807) is 0 Å². The topological polar surface area (TPSA) is 38.0 Å². The molecule has 3 N–H and O–H groups in total. The maximum Gasteiger partial charge on any atom is 0.143 e. The fraction of sp³-hybridized carbons (Fsp3) is 0.600. The van der Waals surface area contributed by atoms with Gasteiger partial charge < -0.3 is 0 Å². The fourth-order valence-corrected chi connectivity index (χ4v) is 3.41. The number of hydrazine groups is 1. The van der Waals surface area contributed by atoms with Crippen LogP contribution in [0.1, 0.15) is 44.1 Å². The number of nitrogens with one attached hydrogen (secondary N) is 1. The quantitative estimate of drug-likeness (QED) is 0.479. The molecule has 1 saturated carbocycles. The highest BCUT2D eigenvalue weighted by atomic mass is 79.9. The zero-order valence-corrected chi connectivity index (χ0v) is 13.1. The largest absolute Gasteiger partial charge is 0.271 e. The molecule has 0 saturated heterocycles. The molecular formula is C15H21BrF2N2. The van der Waals surface area contributed by atoms with Crippen molar-refractivity contribution in [2.24, 2.45) is 11.8 Å². The molecule has 20 heavy (non-hydrogen) atoms. The molecule has 0 bridgehead atoms. The van der Waals surface area contributed by atoms with Gasteiger partial charge in [-0.3, -0.25) is 11.3 Å². The van der Waals surface area contributed by atoms with Gasteiger partial charge in [-0.2, -0.15) is 0 Å². The van der Waals surface area contributed by atoms with Gasteiger partial charge in [0.2, 0.25) is 0 Å². The highest BCUT2D eigenvalue weighted by Gasteiger charge is 2.21. The number of halogens is 3. The highest BCUT2D eigenvalue weighted by molar-refractivity contribution is 9.10. The first-order valence-corrected chi connectivity index (χ1v) is 7.99. The summed E-state index contributed by atoms with van der Waals surface area (Å²) < 4.78 is 28.1. The molecule has 2 rings (SSSR count). The second-order valence-corrected chi connectivity index (χ2v) is 6.48. The van der Waals surface area contributed by atoms with Crippen LogP contribution in [0, 0.1) is 17.6 Å². The maximum absolute atomic E-state index is 14.0. The number of hydrogen-bond acceptors (Lipinski definition) is 2. The van der Waals surface area contributed by atoms with E-state index in [1.807, 2.05) is 0 Å². The third kappa shape index (κ3) is 3.99. The molecular weight excluding hydrogens is 326 g/mol. The van der Waals surface area contributed by atoms with Gasteiger partial charge >= 0.3 is 0 Å². The molecule has 1 aliphatic rings. The van der Waals surface area contributed by atoms with Crippen molar-refractivity contribution in [2.75, 3.05) is 0 Å². The molecule has 0 aliphatic heterocycles. The van der Waals surface area contributed by atoms with Crippen molar-refractivity contribution in [1.29, 1.82) is 0 Å². The Labute approximate surface area is 127 Å². The van der Waals surface area contributed by atoms with E-state index in [1.165, 1.54) is 44.2 Å². The number of rotatable bonds is 5. The van der Waals surface area contributed by atoms with Crippen LogP contribution in [-0.4, -0.2) is 6.04 Å². The van der Waals surface area contributed by atoms with Crippen LogP contribution in [0.2, 0.25) is 0 Å². The second kappa shape index (κ2) is 7.48. The summed E-state index contributed by atoms with van der Waals surface area (Å²) in [5.74, 6) is 5.16. The standard InChI is InChI=1S/C15H21BrF2N2/c16-13-6-7-14(17)12(15(13)18)9-11(20-19)8-10-4-2-1-3-5-10/h6-7,10-11,20H,1-5,8-9,19H2. The Bertz CT molecular complexity index is 448. The van der Waals surface area contributed by atoms with Gasteiger partial charge in [0.05, 0.1) is 4.47 Å². The molecule has 1 unspecified atom stereocenters. The SMILES string of the molecule is NNC(Cc1c(F)ccc(Br)c1F)CC1CCCCC1. The van der Waals surface area contributed by atoms with Crippen LogP contribution in [0.25, 0.3) is 0 Å². The minimum atomic E-state index is -0.520. The van der Waals surface area contributed by atoms with Gasteiger partial charge in [-0.15, -0.1) is 0 Å². The Morgan fingerprint density at radius 2 is 1.95 bits per heavy atom. The lowest BCUT2D eigenvalue weighted by Crippen LogP contribution is -2.39. The summed E-state index contributed by atoms with van der Waals surface area (Å²) in [6.45, 7) is 0. The number of nitrogens with two attached hydrogens (primary N) is 1. The molecule has 1 aliphatic carbocycles. The van der Waals surface area contributed by atoms with Crippen molar-refractivity contribution in [3.8, 4) is 0 Å². The van der Waals surface area contributed by atoms with E-state index in [-0.39, 0.29) is 18.0 Å². The van der Waals surface area contributed by atoms with Crippen LogP contribution in [0.15, 0.2) is 16.6 Å². The van der Waals surface area contributed by atoms with E-state index < -0.39 is 11.6 Å². The van der Waals surface area contributed by atoms with Gasteiger partial charge in [-0.1, -0.05) is 32.1 Å². The van der Waals surface area contributed by atoms with Gasteiger partial charge in [0.25, 0.3) is 0 Å². The molecule has 1 atom stereocenters. The Balaban J connectivity index is 2.04. The molecule has 0 radical (unpaired) electrons. The van der Waals surface area contributed by atoms with E-state index >= 15 is 0 Å². The maximum atomic E-state index is 14.0. The minimum Gasteiger partial charge on any atom is -0.271 e. The van der Waals surface area contributed by atoms with Crippen molar-refractivity contribution >= 4 is 15.9 Å². The van der Waals surface area contributed by atoms with Crippen molar-refractivity contribution in [2.45, 2.75) is 51.0 Å². The average Bonchev–Trinajstić information content (AvgIpc) is 2.47. The second-order valence-electron chi connectivity index (χ2n) is 5.63. The minimum absolute atomic E-state index is 0.0867. The molecule has 0 amide bonds. The third-order valence-electron chi connectivity index (χ3n) is 4.17. The average molecular weight is 347 g/mol. The Morgan fingerprint density at radius 3 is 2.60 bits per heavy atom. The molecule has 0 aromatic heterocycles. The molecule has 2 nitrogen and oxygen atoms in total. The zero-order chi connectivity index (χ0) is 14.5. The lowest BCUT2D eigenvalue weighted by atomic mass is 9.83. The molecule has 1 aromatic rings. The van der Waals surface area contributed by atoms with E-state index in [9.17, 15) is 8.78 Å². The predicted octanol–water partition coefficient (Wildman–Crippen LogP) is 4.07. The monoisotopic (exact) mass is 346 g/mol. The smallest absolute Gasteiger partial charge is 0.143 e. The van der Waals surface area contributed by atoms with E-state index in [0.717, 1.165) is 6.42 Å². The normalized spacial score (nSPS) is 18.2.